The average molecular weight is 307 g/mol. The summed E-state index contributed by atoms with van der Waals surface area (Å²) in [6.07, 6.45) is 1.11. The molecule has 0 radical (unpaired) electrons. The van der Waals surface area contributed by atoms with Gasteiger partial charge in [-0.2, -0.15) is 0 Å². The number of carbonyl (C=O) groups excluding carboxylic acids is 1. The zero-order chi connectivity index (χ0) is 15.8. The van der Waals surface area contributed by atoms with E-state index in [0.29, 0.717) is 23.7 Å². The van der Waals surface area contributed by atoms with Crippen LogP contribution >= 0.6 is 12.2 Å². The van der Waals surface area contributed by atoms with Gasteiger partial charge in [0.1, 0.15) is 4.99 Å². The maximum Gasteiger partial charge on any atom is 0.238 e. The van der Waals surface area contributed by atoms with E-state index >= 15 is 0 Å². The Balaban J connectivity index is 2.66. The minimum absolute atomic E-state index is 0.0381. The summed E-state index contributed by atoms with van der Waals surface area (Å²) in [4.78, 5) is 14.6. The highest BCUT2D eigenvalue weighted by Gasteiger charge is 2.13. The monoisotopic (exact) mass is 307 g/mol. The van der Waals surface area contributed by atoms with Crippen LogP contribution < -0.4 is 11.1 Å². The molecule has 3 N–H and O–H groups in total. The largest absolute Gasteiger partial charge is 0.389 e. The van der Waals surface area contributed by atoms with Crippen LogP contribution in [0.3, 0.4) is 0 Å². The predicted octanol–water partition coefficient (Wildman–Crippen LogP) is 2.63. The first-order chi connectivity index (χ1) is 9.97. The van der Waals surface area contributed by atoms with Crippen LogP contribution in [0.15, 0.2) is 24.3 Å². The van der Waals surface area contributed by atoms with Gasteiger partial charge in [0.15, 0.2) is 0 Å². The minimum atomic E-state index is -0.0381. The van der Waals surface area contributed by atoms with E-state index in [-0.39, 0.29) is 10.9 Å². The Hall–Kier alpha value is -1.46. The number of carbonyl (C=O) groups is 1. The van der Waals surface area contributed by atoms with E-state index in [9.17, 15) is 4.79 Å². The molecule has 1 unspecified atom stereocenters. The molecule has 0 heterocycles. The van der Waals surface area contributed by atoms with Crippen molar-refractivity contribution in [2.75, 3.05) is 25.0 Å². The Morgan fingerprint density at radius 1 is 1.38 bits per heavy atom. The van der Waals surface area contributed by atoms with Gasteiger partial charge in [-0.3, -0.25) is 9.69 Å². The summed E-state index contributed by atoms with van der Waals surface area (Å²) in [5.41, 5.74) is 7.05. The van der Waals surface area contributed by atoms with E-state index in [1.165, 1.54) is 0 Å². The standard InChI is InChI=1S/C16H25N3OS/c1-4-12(3)10-19(5-2)11-15(20)18-14-9-7-6-8-13(14)16(17)21/h6-9,12H,4-5,10-11H2,1-3H3,(H2,17,21)(H,18,20). The van der Waals surface area contributed by atoms with Crippen molar-refractivity contribution in [1.82, 2.24) is 4.90 Å². The summed E-state index contributed by atoms with van der Waals surface area (Å²) in [7, 11) is 0. The van der Waals surface area contributed by atoms with Gasteiger partial charge in [-0.15, -0.1) is 0 Å². The molecule has 0 aliphatic rings. The van der Waals surface area contributed by atoms with Crippen molar-refractivity contribution in [2.24, 2.45) is 11.7 Å². The second-order valence-electron chi connectivity index (χ2n) is 5.30. The van der Waals surface area contributed by atoms with Crippen molar-refractivity contribution < 1.29 is 4.79 Å². The first kappa shape index (κ1) is 17.6. The van der Waals surface area contributed by atoms with E-state index in [1.807, 2.05) is 24.3 Å². The molecule has 5 heteroatoms. The van der Waals surface area contributed by atoms with Gasteiger partial charge < -0.3 is 11.1 Å². The number of hydrogen-bond donors (Lipinski definition) is 2. The summed E-state index contributed by atoms with van der Waals surface area (Å²) in [5.74, 6) is 0.547. The molecule has 0 aromatic heterocycles. The van der Waals surface area contributed by atoms with Gasteiger partial charge in [0.25, 0.3) is 0 Å². The molecule has 0 aliphatic carbocycles. The van der Waals surface area contributed by atoms with E-state index in [4.69, 9.17) is 18.0 Å². The number of thiocarbonyl (C=S) groups is 1. The fraction of sp³-hybridized carbons (Fsp3) is 0.500. The van der Waals surface area contributed by atoms with Gasteiger partial charge in [-0.05, 0) is 24.6 Å². The molecule has 1 aromatic carbocycles. The fourth-order valence-electron chi connectivity index (χ4n) is 2.08. The molecule has 0 fully saturated rings. The Labute approximate surface area is 132 Å². The number of hydrogen-bond acceptors (Lipinski definition) is 3. The number of likely N-dealkylation sites (N-methyl/N-ethyl adjacent to an activating group) is 1. The van der Waals surface area contributed by atoms with Gasteiger partial charge in [0, 0.05) is 12.1 Å². The lowest BCUT2D eigenvalue weighted by molar-refractivity contribution is -0.117. The van der Waals surface area contributed by atoms with Crippen molar-refractivity contribution in [2.45, 2.75) is 27.2 Å². The molecule has 0 saturated carbocycles. The van der Waals surface area contributed by atoms with Gasteiger partial charge in [-0.25, -0.2) is 0 Å². The van der Waals surface area contributed by atoms with Crippen LogP contribution in [0.5, 0.6) is 0 Å². The topological polar surface area (TPSA) is 58.4 Å². The third kappa shape index (κ3) is 5.81. The zero-order valence-electron chi connectivity index (χ0n) is 13.1. The van der Waals surface area contributed by atoms with Crippen molar-refractivity contribution in [1.29, 1.82) is 0 Å². The van der Waals surface area contributed by atoms with Gasteiger partial charge in [-0.1, -0.05) is 51.5 Å². The highest BCUT2D eigenvalue weighted by Crippen LogP contribution is 2.15. The summed E-state index contributed by atoms with van der Waals surface area (Å²) in [6, 6.07) is 7.34. The lowest BCUT2D eigenvalue weighted by atomic mass is 10.1. The number of amides is 1. The van der Waals surface area contributed by atoms with Gasteiger partial charge in [0.2, 0.25) is 5.91 Å². The van der Waals surface area contributed by atoms with E-state index in [2.05, 4.69) is 31.0 Å². The highest BCUT2D eigenvalue weighted by molar-refractivity contribution is 7.80. The van der Waals surface area contributed by atoms with Crippen molar-refractivity contribution in [3.63, 3.8) is 0 Å². The maximum atomic E-state index is 12.2. The second kappa shape index (κ2) is 8.74. The quantitative estimate of drug-likeness (QED) is 0.725. The molecule has 1 amide bonds. The fourth-order valence-corrected chi connectivity index (χ4v) is 2.25. The Kier molecular flexibility index (Phi) is 7.32. The Bertz CT molecular complexity index is 490. The summed E-state index contributed by atoms with van der Waals surface area (Å²) >= 11 is 5.00. The average Bonchev–Trinajstić information content (AvgIpc) is 2.46. The normalized spacial score (nSPS) is 12.2. The SMILES string of the molecule is CCC(C)CN(CC)CC(=O)Nc1ccccc1C(N)=S. The van der Waals surface area contributed by atoms with Gasteiger partial charge in [0.05, 0.1) is 12.2 Å². The van der Waals surface area contributed by atoms with Crippen molar-refractivity contribution >= 4 is 28.8 Å². The molecule has 21 heavy (non-hydrogen) atoms. The molecular weight excluding hydrogens is 282 g/mol. The van der Waals surface area contributed by atoms with Crippen LogP contribution in [0.1, 0.15) is 32.8 Å². The van der Waals surface area contributed by atoms with Crippen LogP contribution in [0.2, 0.25) is 0 Å². The molecule has 1 atom stereocenters. The molecule has 1 aromatic rings. The number of nitrogens with one attached hydrogen (secondary N) is 1. The van der Waals surface area contributed by atoms with Gasteiger partial charge >= 0.3 is 0 Å². The van der Waals surface area contributed by atoms with Crippen LogP contribution in [0.4, 0.5) is 5.69 Å². The molecular formula is C16H25N3OS. The molecule has 116 valence electrons. The lowest BCUT2D eigenvalue weighted by Gasteiger charge is -2.23. The number of nitrogens with zero attached hydrogens (tertiary/aromatic N) is 1. The first-order valence-corrected chi connectivity index (χ1v) is 7.79. The van der Waals surface area contributed by atoms with Crippen LogP contribution in [-0.4, -0.2) is 35.4 Å². The summed E-state index contributed by atoms with van der Waals surface area (Å²) in [5, 5.41) is 2.90. The molecule has 0 spiro atoms. The van der Waals surface area contributed by atoms with E-state index < -0.39 is 0 Å². The molecule has 0 bridgehead atoms. The number of para-hydroxylation sites is 1. The molecule has 0 aliphatic heterocycles. The molecule has 4 nitrogen and oxygen atoms in total. The third-order valence-corrected chi connectivity index (χ3v) is 3.77. The van der Waals surface area contributed by atoms with Crippen molar-refractivity contribution in [3.8, 4) is 0 Å². The highest BCUT2D eigenvalue weighted by atomic mass is 32.1. The molecule has 0 saturated heterocycles. The third-order valence-electron chi connectivity index (χ3n) is 3.55. The summed E-state index contributed by atoms with van der Waals surface area (Å²) in [6.45, 7) is 8.59. The van der Waals surface area contributed by atoms with Crippen LogP contribution in [0.25, 0.3) is 0 Å². The molecule has 1 rings (SSSR count). The number of anilines is 1. The Morgan fingerprint density at radius 3 is 2.62 bits per heavy atom. The first-order valence-electron chi connectivity index (χ1n) is 7.38. The number of rotatable bonds is 8. The summed E-state index contributed by atoms with van der Waals surface area (Å²) < 4.78 is 0. The second-order valence-corrected chi connectivity index (χ2v) is 5.74. The minimum Gasteiger partial charge on any atom is -0.389 e. The number of benzene rings is 1. The van der Waals surface area contributed by atoms with Crippen LogP contribution in [-0.2, 0) is 4.79 Å². The van der Waals surface area contributed by atoms with E-state index in [0.717, 1.165) is 19.5 Å². The predicted molar refractivity (Wildman–Crippen MR) is 92.5 cm³/mol. The zero-order valence-corrected chi connectivity index (χ0v) is 13.9. The number of nitrogens with two attached hydrogens (primary N) is 1. The van der Waals surface area contributed by atoms with Crippen molar-refractivity contribution in [3.05, 3.63) is 29.8 Å². The smallest absolute Gasteiger partial charge is 0.238 e. The lowest BCUT2D eigenvalue weighted by Crippen LogP contribution is -2.36. The Morgan fingerprint density at radius 2 is 2.05 bits per heavy atom. The van der Waals surface area contributed by atoms with E-state index in [1.54, 1.807) is 0 Å². The van der Waals surface area contributed by atoms with Crippen LogP contribution in [0, 0.1) is 5.92 Å². The maximum absolute atomic E-state index is 12.2.